The molecule has 0 atom stereocenters. The molecule has 1 heterocycles. The molecule has 1 rings (SSSR count). The van der Waals surface area contributed by atoms with Crippen molar-refractivity contribution in [2.75, 3.05) is 33.5 Å². The molecule has 1 aromatic heterocycles. The Morgan fingerprint density at radius 2 is 2.16 bits per heavy atom. The van der Waals surface area contributed by atoms with E-state index in [-0.39, 0.29) is 5.91 Å². The Morgan fingerprint density at radius 1 is 1.32 bits per heavy atom. The molecule has 5 nitrogen and oxygen atoms in total. The molecule has 6 heteroatoms. The lowest BCUT2D eigenvalue weighted by atomic mass is 10.2. The largest absolute Gasteiger partial charge is 0.382 e. The smallest absolute Gasteiger partial charge is 0.252 e. The molecule has 0 aliphatic heterocycles. The number of nitrogens with one attached hydrogen (secondary N) is 1. The topological polar surface area (TPSA) is 60.5 Å². The first kappa shape index (κ1) is 16.1. The van der Waals surface area contributed by atoms with Crippen molar-refractivity contribution in [3.63, 3.8) is 0 Å². The molecule has 0 bridgehead atoms. The third-order valence-electron chi connectivity index (χ3n) is 2.40. The Hall–Kier alpha value is -0.980. The molecular formula is C13H19BrN2O3. The minimum absolute atomic E-state index is 0.103. The first-order chi connectivity index (χ1) is 9.24. The minimum atomic E-state index is -0.103. The van der Waals surface area contributed by atoms with Gasteiger partial charge in [0.1, 0.15) is 0 Å². The fraction of sp³-hybridized carbons (Fsp3) is 0.538. The summed E-state index contributed by atoms with van der Waals surface area (Å²) < 4.78 is 11.0. The Morgan fingerprint density at radius 3 is 2.89 bits per heavy atom. The standard InChI is InChI=1S/C13H19BrN2O3/c1-18-6-7-19-5-3-2-4-16-13(17)11-8-12(14)10-15-9-11/h8-10H,2-7H2,1H3,(H,16,17). The second kappa shape index (κ2) is 9.89. The number of halogens is 1. The van der Waals surface area contributed by atoms with Crippen LogP contribution in [-0.2, 0) is 9.47 Å². The van der Waals surface area contributed by atoms with Crippen LogP contribution in [0, 0.1) is 0 Å². The van der Waals surface area contributed by atoms with Crippen molar-refractivity contribution in [2.24, 2.45) is 0 Å². The van der Waals surface area contributed by atoms with Gasteiger partial charge in [-0.25, -0.2) is 0 Å². The van der Waals surface area contributed by atoms with E-state index in [9.17, 15) is 4.79 Å². The number of carbonyl (C=O) groups excluding carboxylic acids is 1. The number of pyridine rings is 1. The summed E-state index contributed by atoms with van der Waals surface area (Å²) >= 11 is 3.28. The first-order valence-corrected chi connectivity index (χ1v) is 6.99. The maximum atomic E-state index is 11.8. The molecule has 0 radical (unpaired) electrons. The van der Waals surface area contributed by atoms with Crippen LogP contribution < -0.4 is 5.32 Å². The molecule has 0 saturated carbocycles. The molecule has 1 N–H and O–H groups in total. The van der Waals surface area contributed by atoms with Crippen LogP contribution >= 0.6 is 15.9 Å². The van der Waals surface area contributed by atoms with Crippen molar-refractivity contribution >= 4 is 21.8 Å². The van der Waals surface area contributed by atoms with Crippen LogP contribution in [0.4, 0.5) is 0 Å². The van der Waals surface area contributed by atoms with Crippen LogP contribution in [0.25, 0.3) is 0 Å². The van der Waals surface area contributed by atoms with Crippen molar-refractivity contribution in [3.05, 3.63) is 28.5 Å². The van der Waals surface area contributed by atoms with Gasteiger partial charge < -0.3 is 14.8 Å². The van der Waals surface area contributed by atoms with Gasteiger partial charge in [-0.1, -0.05) is 0 Å². The second-order valence-electron chi connectivity index (χ2n) is 3.96. The normalized spacial score (nSPS) is 10.4. The number of ether oxygens (including phenoxy) is 2. The van der Waals surface area contributed by atoms with Crippen LogP contribution in [-0.4, -0.2) is 44.4 Å². The van der Waals surface area contributed by atoms with Crippen LogP contribution in [0.1, 0.15) is 23.2 Å². The van der Waals surface area contributed by atoms with Crippen LogP contribution in [0.15, 0.2) is 22.9 Å². The monoisotopic (exact) mass is 330 g/mol. The fourth-order valence-electron chi connectivity index (χ4n) is 1.41. The molecule has 19 heavy (non-hydrogen) atoms. The molecule has 0 aliphatic rings. The highest BCUT2D eigenvalue weighted by Crippen LogP contribution is 2.09. The summed E-state index contributed by atoms with van der Waals surface area (Å²) in [6.07, 6.45) is 5.00. The van der Waals surface area contributed by atoms with E-state index < -0.39 is 0 Å². The lowest BCUT2D eigenvalue weighted by molar-refractivity contribution is 0.0686. The quantitative estimate of drug-likeness (QED) is 0.704. The average molecular weight is 331 g/mol. The molecule has 1 aromatic rings. The van der Waals surface area contributed by atoms with Crippen molar-refractivity contribution in [2.45, 2.75) is 12.8 Å². The van der Waals surface area contributed by atoms with Gasteiger partial charge in [0.2, 0.25) is 0 Å². The third-order valence-corrected chi connectivity index (χ3v) is 2.83. The van der Waals surface area contributed by atoms with Gasteiger partial charge in [-0.15, -0.1) is 0 Å². The SMILES string of the molecule is COCCOCCCCNC(=O)c1cncc(Br)c1. The van der Waals surface area contributed by atoms with Crippen molar-refractivity contribution in [1.29, 1.82) is 0 Å². The number of carbonyl (C=O) groups is 1. The molecule has 0 unspecified atom stereocenters. The Balaban J connectivity index is 2.08. The van der Waals surface area contributed by atoms with E-state index in [4.69, 9.17) is 9.47 Å². The fourth-order valence-corrected chi connectivity index (χ4v) is 1.78. The van der Waals surface area contributed by atoms with E-state index >= 15 is 0 Å². The predicted octanol–water partition coefficient (Wildman–Crippen LogP) is 2.02. The van der Waals surface area contributed by atoms with E-state index in [0.717, 1.165) is 17.3 Å². The van der Waals surface area contributed by atoms with Crippen molar-refractivity contribution in [1.82, 2.24) is 10.3 Å². The summed E-state index contributed by atoms with van der Waals surface area (Å²) in [6.45, 7) is 2.57. The van der Waals surface area contributed by atoms with Crippen LogP contribution in [0.2, 0.25) is 0 Å². The van der Waals surface area contributed by atoms with Crippen LogP contribution in [0.5, 0.6) is 0 Å². The van der Waals surface area contributed by atoms with E-state index in [1.54, 1.807) is 25.6 Å². The Bertz CT molecular complexity index is 388. The number of hydrogen-bond donors (Lipinski definition) is 1. The summed E-state index contributed by atoms with van der Waals surface area (Å²) in [5.41, 5.74) is 0.561. The van der Waals surface area contributed by atoms with Gasteiger partial charge in [0.15, 0.2) is 0 Å². The number of rotatable bonds is 9. The average Bonchev–Trinajstić information content (AvgIpc) is 2.41. The highest BCUT2D eigenvalue weighted by Gasteiger charge is 2.05. The zero-order chi connectivity index (χ0) is 13.9. The Kier molecular flexibility index (Phi) is 8.36. The van der Waals surface area contributed by atoms with Gasteiger partial charge in [0.05, 0.1) is 18.8 Å². The van der Waals surface area contributed by atoms with Crippen molar-refractivity contribution in [3.8, 4) is 0 Å². The first-order valence-electron chi connectivity index (χ1n) is 6.19. The maximum absolute atomic E-state index is 11.8. The summed E-state index contributed by atoms with van der Waals surface area (Å²) in [4.78, 5) is 15.7. The lowest BCUT2D eigenvalue weighted by Crippen LogP contribution is -2.24. The zero-order valence-electron chi connectivity index (χ0n) is 11.0. The van der Waals surface area contributed by atoms with E-state index in [1.165, 1.54) is 0 Å². The second-order valence-corrected chi connectivity index (χ2v) is 4.88. The lowest BCUT2D eigenvalue weighted by Gasteiger charge is -2.06. The molecule has 0 aliphatic carbocycles. The van der Waals surface area contributed by atoms with E-state index in [1.807, 2.05) is 0 Å². The van der Waals surface area contributed by atoms with Crippen molar-refractivity contribution < 1.29 is 14.3 Å². The van der Waals surface area contributed by atoms with Gasteiger partial charge >= 0.3 is 0 Å². The molecular weight excluding hydrogens is 312 g/mol. The van der Waals surface area contributed by atoms with E-state index in [2.05, 4.69) is 26.2 Å². The molecule has 0 saturated heterocycles. The van der Waals surface area contributed by atoms with Crippen LogP contribution in [0.3, 0.4) is 0 Å². The number of unbranched alkanes of at least 4 members (excludes halogenated alkanes) is 1. The molecule has 1 amide bonds. The number of methoxy groups -OCH3 is 1. The highest BCUT2D eigenvalue weighted by molar-refractivity contribution is 9.10. The zero-order valence-corrected chi connectivity index (χ0v) is 12.6. The number of nitrogens with zero attached hydrogens (tertiary/aromatic N) is 1. The summed E-state index contributed by atoms with van der Waals surface area (Å²) in [5.74, 6) is -0.103. The number of hydrogen-bond acceptors (Lipinski definition) is 4. The Labute approximate surface area is 121 Å². The molecule has 0 fully saturated rings. The third kappa shape index (κ3) is 7.25. The van der Waals surface area contributed by atoms with Gasteiger partial charge in [0.25, 0.3) is 5.91 Å². The summed E-state index contributed by atoms with van der Waals surface area (Å²) in [7, 11) is 1.65. The minimum Gasteiger partial charge on any atom is -0.382 e. The van der Waals surface area contributed by atoms with Gasteiger partial charge in [-0.3, -0.25) is 9.78 Å². The van der Waals surface area contributed by atoms with Gasteiger partial charge in [-0.2, -0.15) is 0 Å². The number of aromatic nitrogens is 1. The maximum Gasteiger partial charge on any atom is 0.252 e. The van der Waals surface area contributed by atoms with E-state index in [0.29, 0.717) is 31.9 Å². The van der Waals surface area contributed by atoms with Gasteiger partial charge in [0, 0.05) is 37.1 Å². The predicted molar refractivity (Wildman–Crippen MR) is 76.2 cm³/mol. The number of amides is 1. The summed E-state index contributed by atoms with van der Waals surface area (Å²) in [5, 5.41) is 2.85. The molecule has 0 spiro atoms. The summed E-state index contributed by atoms with van der Waals surface area (Å²) in [6, 6.07) is 1.75. The van der Waals surface area contributed by atoms with Gasteiger partial charge in [-0.05, 0) is 34.8 Å². The highest BCUT2D eigenvalue weighted by atomic mass is 79.9. The molecule has 106 valence electrons. The molecule has 0 aromatic carbocycles.